The van der Waals surface area contributed by atoms with E-state index in [-0.39, 0.29) is 18.2 Å². The fourth-order valence-electron chi connectivity index (χ4n) is 3.20. The molecule has 0 spiro atoms. The van der Waals surface area contributed by atoms with Crippen LogP contribution in [-0.4, -0.2) is 48.0 Å². The minimum absolute atomic E-state index is 0.0813. The molecule has 2 aromatic heterocycles. The molecule has 0 aromatic carbocycles. The Kier molecular flexibility index (Phi) is 7.39. The molecular weight excluding hydrogens is 365 g/mol. The molecule has 1 amide bonds. The van der Waals surface area contributed by atoms with E-state index in [1.807, 2.05) is 6.92 Å². The van der Waals surface area contributed by atoms with E-state index in [0.29, 0.717) is 29.2 Å². The normalized spacial score (nSPS) is 21.3. The molecule has 1 aliphatic heterocycles. The van der Waals surface area contributed by atoms with Gasteiger partial charge in [-0.25, -0.2) is 14.4 Å². The first kappa shape index (κ1) is 21.2. The lowest BCUT2D eigenvalue weighted by atomic mass is 9.97. The Labute approximate surface area is 162 Å². The van der Waals surface area contributed by atoms with Gasteiger partial charge in [-0.05, 0) is 43.3 Å². The van der Waals surface area contributed by atoms with Gasteiger partial charge in [0.1, 0.15) is 12.3 Å². The molecule has 1 saturated heterocycles. The minimum atomic E-state index is -1.53. The summed E-state index contributed by atoms with van der Waals surface area (Å²) >= 11 is 0. The Morgan fingerprint density at radius 1 is 1.39 bits per heavy atom. The third kappa shape index (κ3) is 4.25. The summed E-state index contributed by atoms with van der Waals surface area (Å²) in [6.45, 7) is 1.91. The van der Waals surface area contributed by atoms with Crippen molar-refractivity contribution in [3.05, 3.63) is 35.9 Å². The van der Waals surface area contributed by atoms with Crippen molar-refractivity contribution < 1.29 is 18.7 Å². The number of nitrogens with zero attached hydrogens (tertiary/aromatic N) is 2. The van der Waals surface area contributed by atoms with Crippen molar-refractivity contribution in [3.8, 4) is 5.88 Å². The smallest absolute Gasteiger partial charge is 0.255 e. The number of nitrogens with one attached hydrogen (secondary N) is 1. The second-order valence-electron chi connectivity index (χ2n) is 6.02. The Morgan fingerprint density at radius 3 is 2.79 bits per heavy atom. The number of halogens is 1. The number of hydrogen-bond acceptors (Lipinski definition) is 7. The maximum absolute atomic E-state index is 13.9. The molecule has 0 radical (unpaired) electrons. The van der Waals surface area contributed by atoms with Gasteiger partial charge in [-0.15, -0.1) is 0 Å². The molecule has 9 heteroatoms. The van der Waals surface area contributed by atoms with E-state index < -0.39 is 24.0 Å². The quantitative estimate of drug-likeness (QED) is 0.632. The molecule has 0 saturated carbocycles. The third-order valence-corrected chi connectivity index (χ3v) is 4.47. The van der Waals surface area contributed by atoms with E-state index in [1.54, 1.807) is 24.4 Å². The number of amides is 1. The molecule has 3 heterocycles. The molecule has 1 aliphatic rings. The molecule has 1 fully saturated rings. The van der Waals surface area contributed by atoms with Crippen LogP contribution in [0.2, 0.25) is 0 Å². The Bertz CT molecular complexity index is 874. The zero-order chi connectivity index (χ0) is 20.7. The predicted octanol–water partition coefficient (Wildman–Crippen LogP) is 1.19. The van der Waals surface area contributed by atoms with Crippen molar-refractivity contribution in [1.29, 1.82) is 0 Å². The first-order chi connectivity index (χ1) is 13.6. The number of alkyl halides is 1. The lowest BCUT2D eigenvalue weighted by Gasteiger charge is -2.19. The number of carbonyl (C=O) groups excluding carboxylic acids is 2. The maximum atomic E-state index is 13.9. The SMILES string of the molecule is CCC1C(COc2nccc3cc(C=O)nc(/C=C\N)c23)NC(=O)C1F.CN. The number of ether oxygens (including phenoxy) is 1. The number of carbonyl (C=O) groups is 2. The predicted molar refractivity (Wildman–Crippen MR) is 104 cm³/mol. The van der Waals surface area contributed by atoms with Gasteiger partial charge in [0.25, 0.3) is 5.91 Å². The van der Waals surface area contributed by atoms with Crippen molar-refractivity contribution in [2.45, 2.75) is 25.6 Å². The highest BCUT2D eigenvalue weighted by Gasteiger charge is 2.41. The molecule has 28 heavy (non-hydrogen) atoms. The summed E-state index contributed by atoms with van der Waals surface area (Å²) in [5.74, 6) is -0.770. The number of hydrogen-bond donors (Lipinski definition) is 3. The Balaban J connectivity index is 0.00000136. The van der Waals surface area contributed by atoms with Crippen LogP contribution in [0, 0.1) is 5.92 Å². The molecule has 3 rings (SSSR count). The van der Waals surface area contributed by atoms with E-state index in [4.69, 9.17) is 10.5 Å². The van der Waals surface area contributed by atoms with Crippen LogP contribution < -0.4 is 21.5 Å². The molecule has 3 atom stereocenters. The largest absolute Gasteiger partial charge is 0.475 e. The number of aldehydes is 1. The fraction of sp³-hybridized carbons (Fsp3) is 0.368. The van der Waals surface area contributed by atoms with Crippen molar-refractivity contribution in [2.24, 2.45) is 17.4 Å². The summed E-state index contributed by atoms with van der Waals surface area (Å²) in [5, 5.41) is 3.92. The lowest BCUT2D eigenvalue weighted by molar-refractivity contribution is -0.123. The summed E-state index contributed by atoms with van der Waals surface area (Å²) < 4.78 is 19.7. The first-order valence-corrected chi connectivity index (χ1v) is 8.87. The molecule has 0 bridgehead atoms. The number of aromatic nitrogens is 2. The van der Waals surface area contributed by atoms with Crippen LogP contribution >= 0.6 is 0 Å². The summed E-state index contributed by atoms with van der Waals surface area (Å²) in [6.07, 6.45) is 4.04. The van der Waals surface area contributed by atoms with Crippen molar-refractivity contribution in [3.63, 3.8) is 0 Å². The van der Waals surface area contributed by atoms with Crippen LogP contribution in [0.1, 0.15) is 29.5 Å². The second kappa shape index (κ2) is 9.75. The van der Waals surface area contributed by atoms with Gasteiger partial charge in [-0.2, -0.15) is 0 Å². The molecule has 0 aliphatic carbocycles. The van der Waals surface area contributed by atoms with E-state index >= 15 is 0 Å². The van der Waals surface area contributed by atoms with Crippen molar-refractivity contribution in [1.82, 2.24) is 15.3 Å². The van der Waals surface area contributed by atoms with E-state index in [0.717, 1.165) is 0 Å². The standard InChI is InChI=1S/C18H19FN4O3.CH5N/c1-2-12-14(23-17(25)16(12)19)9-26-18-15-10(4-6-21-18)7-11(8-24)22-13(15)3-5-20;1-2/h3-8,12,14,16H,2,9,20H2,1H3,(H,23,25);2H2,1H3/b5-3-;. The van der Waals surface area contributed by atoms with Crippen LogP contribution in [-0.2, 0) is 4.79 Å². The monoisotopic (exact) mass is 389 g/mol. The van der Waals surface area contributed by atoms with Gasteiger partial charge in [0.2, 0.25) is 5.88 Å². The van der Waals surface area contributed by atoms with Crippen LogP contribution in [0.5, 0.6) is 5.88 Å². The summed E-state index contributed by atoms with van der Waals surface area (Å²) in [7, 11) is 1.50. The van der Waals surface area contributed by atoms with Crippen LogP contribution in [0.25, 0.3) is 16.8 Å². The number of pyridine rings is 2. The number of nitrogens with two attached hydrogens (primary N) is 2. The van der Waals surface area contributed by atoms with E-state index in [9.17, 15) is 14.0 Å². The van der Waals surface area contributed by atoms with Gasteiger partial charge in [0.05, 0.1) is 17.1 Å². The Morgan fingerprint density at radius 2 is 2.14 bits per heavy atom. The topological polar surface area (TPSA) is 133 Å². The summed E-state index contributed by atoms with van der Waals surface area (Å²) in [6, 6.07) is 2.92. The zero-order valence-corrected chi connectivity index (χ0v) is 15.8. The highest BCUT2D eigenvalue weighted by Crippen LogP contribution is 2.29. The molecule has 8 nitrogen and oxygen atoms in total. The van der Waals surface area contributed by atoms with Crippen molar-refractivity contribution >= 4 is 29.0 Å². The zero-order valence-electron chi connectivity index (χ0n) is 15.8. The highest BCUT2D eigenvalue weighted by atomic mass is 19.1. The van der Waals surface area contributed by atoms with Gasteiger partial charge in [-0.3, -0.25) is 9.59 Å². The second-order valence-corrected chi connectivity index (χ2v) is 6.02. The third-order valence-electron chi connectivity index (χ3n) is 4.47. The lowest BCUT2D eigenvalue weighted by Crippen LogP contribution is -2.34. The summed E-state index contributed by atoms with van der Waals surface area (Å²) in [4.78, 5) is 31.1. The van der Waals surface area contributed by atoms with E-state index in [2.05, 4.69) is 21.0 Å². The number of fused-ring (bicyclic) bond motifs is 1. The average Bonchev–Trinajstić information content (AvgIpc) is 3.00. The molecular formula is C19H24FN5O3. The Hall–Kier alpha value is -3.07. The molecule has 2 aromatic rings. The van der Waals surface area contributed by atoms with Gasteiger partial charge < -0.3 is 21.5 Å². The van der Waals surface area contributed by atoms with E-state index in [1.165, 1.54) is 13.2 Å². The maximum Gasteiger partial charge on any atom is 0.255 e. The molecule has 3 unspecified atom stereocenters. The van der Waals surface area contributed by atoms with Gasteiger partial charge in [0.15, 0.2) is 12.5 Å². The number of rotatable bonds is 6. The summed E-state index contributed by atoms with van der Waals surface area (Å²) in [5.41, 5.74) is 10.7. The average molecular weight is 389 g/mol. The molecule has 150 valence electrons. The van der Waals surface area contributed by atoms with Gasteiger partial charge >= 0.3 is 0 Å². The van der Waals surface area contributed by atoms with Crippen LogP contribution in [0.15, 0.2) is 24.5 Å². The van der Waals surface area contributed by atoms with Crippen LogP contribution in [0.4, 0.5) is 4.39 Å². The fourth-order valence-corrected chi connectivity index (χ4v) is 3.20. The van der Waals surface area contributed by atoms with Gasteiger partial charge in [-0.1, -0.05) is 6.92 Å². The van der Waals surface area contributed by atoms with Gasteiger partial charge in [0, 0.05) is 12.1 Å². The minimum Gasteiger partial charge on any atom is -0.475 e. The van der Waals surface area contributed by atoms with Crippen LogP contribution in [0.3, 0.4) is 0 Å². The first-order valence-electron chi connectivity index (χ1n) is 8.87. The highest BCUT2D eigenvalue weighted by molar-refractivity contribution is 5.95. The molecule has 5 N–H and O–H groups in total. The van der Waals surface area contributed by atoms with Crippen molar-refractivity contribution in [2.75, 3.05) is 13.7 Å².